The van der Waals surface area contributed by atoms with E-state index in [2.05, 4.69) is 11.3 Å². The first kappa shape index (κ1) is 12.8. The van der Waals surface area contributed by atoms with Gasteiger partial charge in [-0.3, -0.25) is 0 Å². The Labute approximate surface area is 83.8 Å². The molecule has 0 aliphatic rings. The molecule has 0 fully saturated rings. The van der Waals surface area contributed by atoms with Crippen LogP contribution in [0.2, 0.25) is 0 Å². The first-order valence-electron chi connectivity index (χ1n) is 2.62. The van der Waals surface area contributed by atoms with E-state index in [1.165, 1.54) is 0 Å². The minimum atomic E-state index is -0.455. The van der Waals surface area contributed by atoms with E-state index in [4.69, 9.17) is 5.11 Å². The van der Waals surface area contributed by atoms with Gasteiger partial charge in [0.25, 0.3) is 0 Å². The summed E-state index contributed by atoms with van der Waals surface area (Å²) >= 11 is 0. The SMILES string of the molecule is C=C(C)C(=O)OCCO.[H-].[Na+]. The van der Waals surface area contributed by atoms with Gasteiger partial charge in [0.1, 0.15) is 6.61 Å². The summed E-state index contributed by atoms with van der Waals surface area (Å²) in [6.45, 7) is 4.81. The van der Waals surface area contributed by atoms with E-state index in [-0.39, 0.29) is 44.2 Å². The van der Waals surface area contributed by atoms with Crippen molar-refractivity contribution in [3.05, 3.63) is 12.2 Å². The van der Waals surface area contributed by atoms with Gasteiger partial charge in [0, 0.05) is 5.57 Å². The van der Waals surface area contributed by atoms with Crippen molar-refractivity contribution in [3.8, 4) is 0 Å². The van der Waals surface area contributed by atoms with Crippen LogP contribution >= 0.6 is 0 Å². The summed E-state index contributed by atoms with van der Waals surface area (Å²) in [6, 6.07) is 0. The minimum absolute atomic E-state index is 0. The van der Waals surface area contributed by atoms with Crippen LogP contribution in [-0.4, -0.2) is 24.3 Å². The van der Waals surface area contributed by atoms with Crippen molar-refractivity contribution in [2.24, 2.45) is 0 Å². The van der Waals surface area contributed by atoms with Gasteiger partial charge in [0.2, 0.25) is 0 Å². The molecule has 0 aromatic carbocycles. The summed E-state index contributed by atoms with van der Waals surface area (Å²) in [5.41, 5.74) is 0.350. The number of ether oxygens (including phenoxy) is 1. The number of hydrogen-bond donors (Lipinski definition) is 1. The maximum atomic E-state index is 10.5. The average molecular weight is 154 g/mol. The number of carbonyl (C=O) groups excluding carboxylic acids is 1. The third-order valence-electron chi connectivity index (χ3n) is 0.673. The summed E-state index contributed by atoms with van der Waals surface area (Å²) in [5.74, 6) is -0.455. The van der Waals surface area contributed by atoms with E-state index < -0.39 is 5.97 Å². The quantitative estimate of drug-likeness (QED) is 0.271. The molecule has 0 heterocycles. The fourth-order valence-electron chi connectivity index (χ4n) is 0.262. The molecule has 0 saturated carbocycles. The molecule has 0 aliphatic carbocycles. The summed E-state index contributed by atoms with van der Waals surface area (Å²) in [7, 11) is 0. The van der Waals surface area contributed by atoms with Crippen molar-refractivity contribution in [1.29, 1.82) is 0 Å². The zero-order valence-electron chi connectivity index (χ0n) is 7.39. The Kier molecular flexibility index (Phi) is 9.33. The molecule has 0 unspecified atom stereocenters. The van der Waals surface area contributed by atoms with Crippen LogP contribution in [0.15, 0.2) is 12.2 Å². The molecule has 0 spiro atoms. The number of aliphatic hydroxyl groups is 1. The molecule has 0 saturated heterocycles. The van der Waals surface area contributed by atoms with Gasteiger partial charge >= 0.3 is 35.5 Å². The van der Waals surface area contributed by atoms with Gasteiger partial charge in [0.05, 0.1) is 6.61 Å². The standard InChI is InChI=1S/C6H10O3.Na.H/c1-5(2)6(8)9-4-3-7;;/h7H,1,3-4H2,2H3;;/q;+1;-1. The third-order valence-corrected chi connectivity index (χ3v) is 0.673. The molecule has 0 amide bonds. The van der Waals surface area contributed by atoms with Gasteiger partial charge in [-0.2, -0.15) is 0 Å². The zero-order valence-corrected chi connectivity index (χ0v) is 8.39. The van der Waals surface area contributed by atoms with Gasteiger partial charge < -0.3 is 11.3 Å². The Balaban J connectivity index is -0.000000320. The maximum absolute atomic E-state index is 10.5. The van der Waals surface area contributed by atoms with Crippen molar-refractivity contribution >= 4 is 5.97 Å². The molecule has 0 rings (SSSR count). The van der Waals surface area contributed by atoms with E-state index in [9.17, 15) is 4.79 Å². The number of aliphatic hydroxyl groups excluding tert-OH is 1. The summed E-state index contributed by atoms with van der Waals surface area (Å²) in [4.78, 5) is 10.5. The van der Waals surface area contributed by atoms with Gasteiger partial charge in [0.15, 0.2) is 0 Å². The average Bonchev–Trinajstić information content (AvgIpc) is 1.82. The molecule has 3 nitrogen and oxygen atoms in total. The minimum Gasteiger partial charge on any atom is -1.00 e. The number of esters is 1. The van der Waals surface area contributed by atoms with Gasteiger partial charge in [-0.25, -0.2) is 4.79 Å². The van der Waals surface area contributed by atoms with Crippen LogP contribution in [0.4, 0.5) is 0 Å². The summed E-state index contributed by atoms with van der Waals surface area (Å²) in [5, 5.41) is 8.19. The third kappa shape index (κ3) is 6.29. The predicted octanol–water partition coefficient (Wildman–Crippen LogP) is -2.79. The van der Waals surface area contributed by atoms with Crippen LogP contribution in [0, 0.1) is 0 Å². The van der Waals surface area contributed by atoms with Crippen molar-refractivity contribution in [2.75, 3.05) is 13.2 Å². The molecule has 10 heavy (non-hydrogen) atoms. The Morgan fingerprint density at radius 2 is 2.30 bits per heavy atom. The van der Waals surface area contributed by atoms with Crippen LogP contribution in [0.25, 0.3) is 0 Å². The number of rotatable bonds is 3. The monoisotopic (exact) mass is 154 g/mol. The van der Waals surface area contributed by atoms with E-state index in [0.717, 1.165) is 0 Å². The molecule has 54 valence electrons. The molecule has 1 N–H and O–H groups in total. The summed E-state index contributed by atoms with van der Waals surface area (Å²) < 4.78 is 4.46. The molecule has 0 aromatic heterocycles. The summed E-state index contributed by atoms with van der Waals surface area (Å²) in [6.07, 6.45) is 0. The molecule has 0 aliphatic heterocycles. The van der Waals surface area contributed by atoms with Crippen LogP contribution < -0.4 is 29.6 Å². The smallest absolute Gasteiger partial charge is 1.00 e. The molecule has 0 radical (unpaired) electrons. The Morgan fingerprint density at radius 1 is 1.80 bits per heavy atom. The van der Waals surface area contributed by atoms with E-state index in [1.54, 1.807) is 6.92 Å². The van der Waals surface area contributed by atoms with Crippen molar-refractivity contribution < 1.29 is 45.6 Å². The predicted molar refractivity (Wildman–Crippen MR) is 34.0 cm³/mol. The molecule has 0 bridgehead atoms. The van der Waals surface area contributed by atoms with Crippen molar-refractivity contribution in [1.82, 2.24) is 0 Å². The van der Waals surface area contributed by atoms with Crippen LogP contribution in [-0.2, 0) is 9.53 Å². The topological polar surface area (TPSA) is 46.5 Å². The second-order valence-electron chi connectivity index (χ2n) is 1.64. The molecule has 0 aromatic rings. The first-order valence-corrected chi connectivity index (χ1v) is 2.62. The maximum Gasteiger partial charge on any atom is 1.00 e. The van der Waals surface area contributed by atoms with Crippen LogP contribution in [0.5, 0.6) is 0 Å². The Morgan fingerprint density at radius 3 is 2.60 bits per heavy atom. The zero-order chi connectivity index (χ0) is 7.28. The van der Waals surface area contributed by atoms with E-state index in [0.29, 0.717) is 5.57 Å². The second-order valence-corrected chi connectivity index (χ2v) is 1.64. The van der Waals surface area contributed by atoms with Crippen molar-refractivity contribution in [3.63, 3.8) is 0 Å². The van der Waals surface area contributed by atoms with Gasteiger partial charge in [-0.15, -0.1) is 0 Å². The fourth-order valence-corrected chi connectivity index (χ4v) is 0.262. The van der Waals surface area contributed by atoms with E-state index >= 15 is 0 Å². The van der Waals surface area contributed by atoms with Crippen LogP contribution in [0.3, 0.4) is 0 Å². The van der Waals surface area contributed by atoms with Crippen molar-refractivity contribution in [2.45, 2.75) is 6.92 Å². The number of carbonyl (C=O) groups is 1. The normalized spacial score (nSPS) is 7.80. The number of hydrogen-bond acceptors (Lipinski definition) is 3. The Bertz CT molecular complexity index is 127. The Hall–Kier alpha value is 0.170. The second kappa shape index (κ2) is 7.28. The van der Waals surface area contributed by atoms with E-state index in [1.807, 2.05) is 0 Å². The first-order chi connectivity index (χ1) is 4.18. The molecular formula is C6H11NaO3. The van der Waals surface area contributed by atoms with Gasteiger partial charge in [-0.05, 0) is 6.92 Å². The molecule has 4 heteroatoms. The molecular weight excluding hydrogens is 143 g/mol. The largest absolute Gasteiger partial charge is 1.00 e. The van der Waals surface area contributed by atoms with Gasteiger partial charge in [-0.1, -0.05) is 6.58 Å². The fraction of sp³-hybridized carbons (Fsp3) is 0.500. The molecule has 0 atom stereocenters. The van der Waals surface area contributed by atoms with Crippen LogP contribution in [0.1, 0.15) is 8.35 Å².